The van der Waals surface area contributed by atoms with Gasteiger partial charge in [0.1, 0.15) is 12.7 Å². The van der Waals surface area contributed by atoms with Crippen LogP contribution in [0.1, 0.15) is 33.6 Å². The van der Waals surface area contributed by atoms with Gasteiger partial charge in [-0.25, -0.2) is 9.59 Å². The van der Waals surface area contributed by atoms with Crippen LogP contribution in [0.2, 0.25) is 0 Å². The standard InChI is InChI=1S/C18H25NO5/c1-4-12-9-11(2)18(3,22)17(21)23-10-13-5-7-19-8-6-14(15(13)19)24-16(12)20/h4-5,11,14-15,22H,6-10H2,1-3H3/t11-,14-,15?,18-/m1/s1. The summed E-state index contributed by atoms with van der Waals surface area (Å²) >= 11 is 0. The Morgan fingerprint density at radius 1 is 1.42 bits per heavy atom. The van der Waals surface area contributed by atoms with E-state index >= 15 is 0 Å². The van der Waals surface area contributed by atoms with Crippen LogP contribution >= 0.6 is 0 Å². The predicted octanol–water partition coefficient (Wildman–Crippen LogP) is 1.19. The molecule has 2 saturated heterocycles. The van der Waals surface area contributed by atoms with E-state index in [1.54, 1.807) is 19.9 Å². The van der Waals surface area contributed by atoms with Gasteiger partial charge in [-0.2, -0.15) is 0 Å². The molecule has 6 nitrogen and oxygen atoms in total. The Hall–Kier alpha value is -1.66. The van der Waals surface area contributed by atoms with E-state index in [1.807, 2.05) is 6.08 Å². The molecule has 0 aromatic rings. The molecule has 0 bridgehead atoms. The predicted molar refractivity (Wildman–Crippen MR) is 87.1 cm³/mol. The third-order valence-corrected chi connectivity index (χ3v) is 5.55. The van der Waals surface area contributed by atoms with Crippen LogP contribution in [0, 0.1) is 5.92 Å². The van der Waals surface area contributed by atoms with Crippen LogP contribution in [0.3, 0.4) is 0 Å². The highest BCUT2D eigenvalue weighted by Gasteiger charge is 2.45. The molecule has 0 spiro atoms. The van der Waals surface area contributed by atoms with Gasteiger partial charge in [-0.3, -0.25) is 4.90 Å². The highest BCUT2D eigenvalue weighted by molar-refractivity contribution is 5.89. The fraction of sp³-hybridized carbons (Fsp3) is 0.667. The molecule has 2 fully saturated rings. The van der Waals surface area contributed by atoms with Gasteiger partial charge in [0.15, 0.2) is 5.60 Å². The lowest BCUT2D eigenvalue weighted by Gasteiger charge is -2.31. The maximum atomic E-state index is 12.5. The van der Waals surface area contributed by atoms with Crippen molar-refractivity contribution in [1.29, 1.82) is 0 Å². The Morgan fingerprint density at radius 2 is 2.17 bits per heavy atom. The maximum absolute atomic E-state index is 12.5. The van der Waals surface area contributed by atoms with Crippen LogP contribution in [0.25, 0.3) is 0 Å². The van der Waals surface area contributed by atoms with Crippen molar-refractivity contribution < 1.29 is 24.2 Å². The van der Waals surface area contributed by atoms with E-state index in [1.165, 1.54) is 6.92 Å². The fourth-order valence-electron chi connectivity index (χ4n) is 3.68. The molecule has 0 aliphatic carbocycles. The second-order valence-corrected chi connectivity index (χ2v) is 7.09. The first-order chi connectivity index (χ1) is 11.3. The second kappa shape index (κ2) is 6.33. The molecular weight excluding hydrogens is 310 g/mol. The van der Waals surface area contributed by atoms with Crippen LogP contribution in [0.15, 0.2) is 23.3 Å². The van der Waals surface area contributed by atoms with E-state index in [0.29, 0.717) is 5.57 Å². The average molecular weight is 335 g/mol. The zero-order valence-corrected chi connectivity index (χ0v) is 14.4. The number of nitrogens with zero attached hydrogens (tertiary/aromatic N) is 1. The monoisotopic (exact) mass is 335 g/mol. The molecule has 6 heteroatoms. The number of hydrogen-bond acceptors (Lipinski definition) is 6. The molecule has 1 N–H and O–H groups in total. The maximum Gasteiger partial charge on any atom is 0.338 e. The molecule has 0 radical (unpaired) electrons. The summed E-state index contributed by atoms with van der Waals surface area (Å²) < 4.78 is 11.2. The highest BCUT2D eigenvalue weighted by Crippen LogP contribution is 2.34. The molecule has 4 atom stereocenters. The van der Waals surface area contributed by atoms with Gasteiger partial charge in [0, 0.05) is 18.7 Å². The normalized spacial score (nSPS) is 39.6. The summed E-state index contributed by atoms with van der Waals surface area (Å²) in [6.45, 7) is 6.71. The molecule has 3 aliphatic heterocycles. The van der Waals surface area contributed by atoms with Gasteiger partial charge in [-0.15, -0.1) is 0 Å². The number of aliphatic hydroxyl groups is 1. The number of carbonyl (C=O) groups is 2. The summed E-state index contributed by atoms with van der Waals surface area (Å²) in [7, 11) is 0. The Labute approximate surface area is 142 Å². The van der Waals surface area contributed by atoms with Crippen molar-refractivity contribution in [2.24, 2.45) is 5.92 Å². The minimum absolute atomic E-state index is 0.0262. The molecule has 3 aliphatic rings. The molecule has 0 saturated carbocycles. The lowest BCUT2D eigenvalue weighted by atomic mass is 9.85. The molecule has 0 aromatic carbocycles. The Kier molecular flexibility index (Phi) is 4.53. The van der Waals surface area contributed by atoms with Gasteiger partial charge < -0.3 is 14.6 Å². The smallest absolute Gasteiger partial charge is 0.338 e. The topological polar surface area (TPSA) is 76.1 Å². The molecule has 132 valence electrons. The number of esters is 2. The van der Waals surface area contributed by atoms with E-state index < -0.39 is 17.5 Å². The highest BCUT2D eigenvalue weighted by atomic mass is 16.6. The second-order valence-electron chi connectivity index (χ2n) is 7.09. The van der Waals surface area contributed by atoms with Crippen molar-refractivity contribution in [1.82, 2.24) is 4.90 Å². The van der Waals surface area contributed by atoms with Gasteiger partial charge in [-0.1, -0.05) is 19.1 Å². The van der Waals surface area contributed by atoms with Crippen molar-refractivity contribution in [2.45, 2.75) is 51.4 Å². The van der Waals surface area contributed by atoms with Crippen molar-refractivity contribution in [3.63, 3.8) is 0 Å². The van der Waals surface area contributed by atoms with Crippen LogP contribution in [-0.2, 0) is 19.1 Å². The third-order valence-electron chi connectivity index (χ3n) is 5.55. The van der Waals surface area contributed by atoms with Crippen LogP contribution in [0.5, 0.6) is 0 Å². The van der Waals surface area contributed by atoms with E-state index in [2.05, 4.69) is 4.90 Å². The van der Waals surface area contributed by atoms with Gasteiger partial charge in [-0.05, 0) is 38.2 Å². The summed E-state index contributed by atoms with van der Waals surface area (Å²) in [5, 5.41) is 10.6. The molecule has 24 heavy (non-hydrogen) atoms. The van der Waals surface area contributed by atoms with Crippen LogP contribution in [0.4, 0.5) is 0 Å². The SMILES string of the molecule is CC=C1C[C@@H](C)[C@@](C)(O)C(=O)OCC2=CCN3CC[C@@H](OC1=O)C23. The molecule has 0 aromatic heterocycles. The van der Waals surface area contributed by atoms with Gasteiger partial charge >= 0.3 is 11.9 Å². The Morgan fingerprint density at radius 3 is 2.88 bits per heavy atom. The Bertz CT molecular complexity index is 607. The van der Waals surface area contributed by atoms with Crippen molar-refractivity contribution in [3.8, 4) is 0 Å². The van der Waals surface area contributed by atoms with Gasteiger partial charge in [0.2, 0.25) is 0 Å². The largest absolute Gasteiger partial charge is 0.459 e. The number of cyclic esters (lactones) is 1. The van der Waals surface area contributed by atoms with Crippen molar-refractivity contribution >= 4 is 11.9 Å². The van der Waals surface area contributed by atoms with Crippen molar-refractivity contribution in [2.75, 3.05) is 19.7 Å². The van der Waals surface area contributed by atoms with Crippen LogP contribution in [-0.4, -0.2) is 59.4 Å². The molecule has 1 unspecified atom stereocenters. The van der Waals surface area contributed by atoms with E-state index in [9.17, 15) is 14.7 Å². The summed E-state index contributed by atoms with van der Waals surface area (Å²) in [6, 6.07) is -0.0262. The first kappa shape index (κ1) is 17.2. The molecule has 0 amide bonds. The number of rotatable bonds is 0. The van der Waals surface area contributed by atoms with Gasteiger partial charge in [0.05, 0.1) is 6.04 Å². The summed E-state index contributed by atoms with van der Waals surface area (Å²) in [5.74, 6) is -1.46. The van der Waals surface area contributed by atoms with Crippen LogP contribution < -0.4 is 0 Å². The summed E-state index contributed by atoms with van der Waals surface area (Å²) in [4.78, 5) is 27.1. The zero-order chi connectivity index (χ0) is 17.5. The lowest BCUT2D eigenvalue weighted by molar-refractivity contribution is -0.169. The number of ether oxygens (including phenoxy) is 2. The minimum atomic E-state index is -1.65. The Balaban J connectivity index is 1.91. The summed E-state index contributed by atoms with van der Waals surface area (Å²) in [5.41, 5.74) is -0.218. The molecular formula is C18H25NO5. The zero-order valence-electron chi connectivity index (χ0n) is 14.4. The number of allylic oxidation sites excluding steroid dienone is 1. The first-order valence-electron chi connectivity index (χ1n) is 8.53. The summed E-state index contributed by atoms with van der Waals surface area (Å²) in [6.07, 6.45) is 4.56. The van der Waals surface area contributed by atoms with E-state index in [-0.39, 0.29) is 31.1 Å². The van der Waals surface area contributed by atoms with E-state index in [4.69, 9.17) is 9.47 Å². The molecule has 3 rings (SSSR count). The lowest BCUT2D eigenvalue weighted by Crippen LogP contribution is -2.45. The minimum Gasteiger partial charge on any atom is -0.459 e. The number of carbonyl (C=O) groups excluding carboxylic acids is 2. The van der Waals surface area contributed by atoms with E-state index in [0.717, 1.165) is 25.1 Å². The molecule has 3 heterocycles. The average Bonchev–Trinajstić information content (AvgIpc) is 3.12. The van der Waals surface area contributed by atoms with Crippen molar-refractivity contribution in [3.05, 3.63) is 23.3 Å². The fourth-order valence-corrected chi connectivity index (χ4v) is 3.68. The third kappa shape index (κ3) is 2.89. The quantitative estimate of drug-likeness (QED) is 0.407. The van der Waals surface area contributed by atoms with Gasteiger partial charge in [0.25, 0.3) is 0 Å². The number of hydrogen-bond donors (Lipinski definition) is 1. The first-order valence-corrected chi connectivity index (χ1v) is 8.53.